The third kappa shape index (κ3) is 5.95. The molecule has 0 amide bonds. The van der Waals surface area contributed by atoms with Gasteiger partial charge < -0.3 is 15.2 Å². The summed E-state index contributed by atoms with van der Waals surface area (Å²) < 4.78 is 5.53. The number of nitrogens with one attached hydrogen (secondary N) is 1. The molecule has 0 spiro atoms. The lowest BCUT2D eigenvalue weighted by Gasteiger charge is -2.24. The second-order valence-corrected chi connectivity index (χ2v) is 6.17. The monoisotopic (exact) mass is 281 g/mol. The smallest absolute Gasteiger partial charge is 0.0897 e. The zero-order valence-electron chi connectivity index (χ0n) is 11.3. The predicted octanol–water partition coefficient (Wildman–Crippen LogP) is 2.05. The third-order valence-electron chi connectivity index (χ3n) is 3.29. The topological polar surface area (TPSA) is 41.5 Å². The number of aliphatic hydroxyl groups is 1. The summed E-state index contributed by atoms with van der Waals surface area (Å²) >= 11 is 2.02. The summed E-state index contributed by atoms with van der Waals surface area (Å²) in [4.78, 5) is 0. The molecule has 1 aliphatic heterocycles. The predicted molar refractivity (Wildman–Crippen MR) is 80.5 cm³/mol. The normalized spacial score (nSPS) is 18.4. The maximum atomic E-state index is 9.87. The van der Waals surface area contributed by atoms with Crippen LogP contribution in [0.1, 0.15) is 18.4 Å². The number of hydrogen-bond donors (Lipinski definition) is 2. The highest BCUT2D eigenvalue weighted by Gasteiger charge is 2.14. The van der Waals surface area contributed by atoms with Crippen LogP contribution in [0.2, 0.25) is 0 Å². The third-order valence-corrected chi connectivity index (χ3v) is 4.33. The second kappa shape index (κ2) is 8.59. The first-order chi connectivity index (χ1) is 9.34. The number of benzene rings is 1. The molecule has 2 rings (SSSR count). The maximum absolute atomic E-state index is 9.87. The van der Waals surface area contributed by atoms with E-state index in [1.807, 2.05) is 42.1 Å². The van der Waals surface area contributed by atoms with E-state index in [0.717, 1.165) is 5.56 Å². The van der Waals surface area contributed by atoms with Crippen molar-refractivity contribution in [2.75, 3.05) is 24.7 Å². The average Bonchev–Trinajstić information content (AvgIpc) is 2.47. The summed E-state index contributed by atoms with van der Waals surface area (Å²) in [6.07, 6.45) is 2.00. The highest BCUT2D eigenvalue weighted by molar-refractivity contribution is 7.99. The van der Waals surface area contributed by atoms with Crippen molar-refractivity contribution in [3.63, 3.8) is 0 Å². The first-order valence-electron chi connectivity index (χ1n) is 6.95. The van der Waals surface area contributed by atoms with Crippen LogP contribution in [0.15, 0.2) is 30.3 Å². The molecule has 0 aromatic heterocycles. The Labute approximate surface area is 119 Å². The molecule has 19 heavy (non-hydrogen) atoms. The van der Waals surface area contributed by atoms with E-state index in [0.29, 0.717) is 25.8 Å². The van der Waals surface area contributed by atoms with Gasteiger partial charge in [-0.1, -0.05) is 30.3 Å². The number of rotatable bonds is 7. The molecule has 2 N–H and O–H groups in total. The van der Waals surface area contributed by atoms with E-state index in [1.165, 1.54) is 24.3 Å². The van der Waals surface area contributed by atoms with Crippen molar-refractivity contribution in [2.45, 2.75) is 31.6 Å². The summed E-state index contributed by atoms with van der Waals surface area (Å²) in [6.45, 7) is 1.59. The fraction of sp³-hybridized carbons (Fsp3) is 0.600. The van der Waals surface area contributed by atoms with Crippen molar-refractivity contribution >= 4 is 11.8 Å². The van der Waals surface area contributed by atoms with Gasteiger partial charge in [0, 0.05) is 12.6 Å². The van der Waals surface area contributed by atoms with Crippen LogP contribution in [-0.2, 0) is 11.3 Å². The van der Waals surface area contributed by atoms with Gasteiger partial charge in [-0.2, -0.15) is 11.8 Å². The quantitative estimate of drug-likeness (QED) is 0.802. The Morgan fingerprint density at radius 2 is 2.00 bits per heavy atom. The summed E-state index contributed by atoms with van der Waals surface area (Å²) in [5.41, 5.74) is 1.15. The van der Waals surface area contributed by atoms with Crippen molar-refractivity contribution in [3.05, 3.63) is 35.9 Å². The van der Waals surface area contributed by atoms with Crippen LogP contribution in [-0.4, -0.2) is 41.9 Å². The number of thioether (sulfide) groups is 1. The van der Waals surface area contributed by atoms with Crippen LogP contribution in [0.4, 0.5) is 0 Å². The molecule has 1 atom stereocenters. The SMILES string of the molecule is OC(CNC1CCSCC1)COCc1ccccc1. The molecule has 1 heterocycles. The van der Waals surface area contributed by atoms with Crippen LogP contribution in [0.25, 0.3) is 0 Å². The first-order valence-corrected chi connectivity index (χ1v) is 8.11. The molecule has 4 heteroatoms. The Kier molecular flexibility index (Phi) is 6.71. The van der Waals surface area contributed by atoms with E-state index in [9.17, 15) is 5.11 Å². The Morgan fingerprint density at radius 3 is 2.74 bits per heavy atom. The van der Waals surface area contributed by atoms with Crippen LogP contribution < -0.4 is 5.32 Å². The van der Waals surface area contributed by atoms with Gasteiger partial charge in [-0.3, -0.25) is 0 Å². The molecule has 1 aromatic carbocycles. The van der Waals surface area contributed by atoms with E-state index < -0.39 is 6.10 Å². The van der Waals surface area contributed by atoms with Crippen molar-refractivity contribution in [1.82, 2.24) is 5.32 Å². The van der Waals surface area contributed by atoms with Gasteiger partial charge in [-0.05, 0) is 29.9 Å². The molecule has 1 aromatic rings. The molecule has 1 aliphatic rings. The Balaban J connectivity index is 1.55. The van der Waals surface area contributed by atoms with Crippen LogP contribution in [0.3, 0.4) is 0 Å². The first kappa shape index (κ1) is 14.9. The Bertz CT molecular complexity index is 341. The van der Waals surface area contributed by atoms with Crippen molar-refractivity contribution in [1.29, 1.82) is 0 Å². The molecule has 1 saturated heterocycles. The largest absolute Gasteiger partial charge is 0.389 e. The zero-order valence-corrected chi connectivity index (χ0v) is 12.1. The molecule has 0 radical (unpaired) electrons. The molecule has 0 aliphatic carbocycles. The van der Waals surface area contributed by atoms with Gasteiger partial charge >= 0.3 is 0 Å². The van der Waals surface area contributed by atoms with Gasteiger partial charge in [0.2, 0.25) is 0 Å². The summed E-state index contributed by atoms with van der Waals surface area (Å²) in [5, 5.41) is 13.3. The lowest BCUT2D eigenvalue weighted by Crippen LogP contribution is -2.39. The van der Waals surface area contributed by atoms with E-state index in [-0.39, 0.29) is 0 Å². The molecule has 106 valence electrons. The summed E-state index contributed by atoms with van der Waals surface area (Å²) in [5.74, 6) is 2.47. The fourth-order valence-electron chi connectivity index (χ4n) is 2.15. The maximum Gasteiger partial charge on any atom is 0.0897 e. The highest BCUT2D eigenvalue weighted by Crippen LogP contribution is 2.16. The van der Waals surface area contributed by atoms with Crippen LogP contribution >= 0.6 is 11.8 Å². The van der Waals surface area contributed by atoms with Crippen molar-refractivity contribution in [3.8, 4) is 0 Å². The number of ether oxygens (including phenoxy) is 1. The number of aliphatic hydroxyl groups excluding tert-OH is 1. The lowest BCUT2D eigenvalue weighted by atomic mass is 10.1. The number of hydrogen-bond acceptors (Lipinski definition) is 4. The molecule has 1 fully saturated rings. The van der Waals surface area contributed by atoms with Gasteiger partial charge in [0.25, 0.3) is 0 Å². The minimum absolute atomic E-state index is 0.392. The molecule has 3 nitrogen and oxygen atoms in total. The molecule has 0 saturated carbocycles. The van der Waals surface area contributed by atoms with Gasteiger partial charge in [0.15, 0.2) is 0 Å². The summed E-state index contributed by atoms with van der Waals surface area (Å²) in [6, 6.07) is 10.6. The van der Waals surface area contributed by atoms with Gasteiger partial charge in [-0.25, -0.2) is 0 Å². The van der Waals surface area contributed by atoms with Crippen LogP contribution in [0, 0.1) is 0 Å². The van der Waals surface area contributed by atoms with E-state index >= 15 is 0 Å². The zero-order chi connectivity index (χ0) is 13.3. The fourth-order valence-corrected chi connectivity index (χ4v) is 3.26. The molecule has 0 bridgehead atoms. The van der Waals surface area contributed by atoms with E-state index in [4.69, 9.17) is 4.74 Å². The molecule has 1 unspecified atom stereocenters. The second-order valence-electron chi connectivity index (χ2n) is 4.95. The summed E-state index contributed by atoms with van der Waals surface area (Å²) in [7, 11) is 0. The van der Waals surface area contributed by atoms with Crippen molar-refractivity contribution < 1.29 is 9.84 Å². The standard InChI is InChI=1S/C15H23NO2S/c17-15(10-16-14-6-8-19-9-7-14)12-18-11-13-4-2-1-3-5-13/h1-5,14-17H,6-12H2. The van der Waals surface area contributed by atoms with Gasteiger partial charge in [0.05, 0.1) is 19.3 Å². The highest BCUT2D eigenvalue weighted by atomic mass is 32.2. The lowest BCUT2D eigenvalue weighted by molar-refractivity contribution is 0.0275. The minimum atomic E-state index is -0.418. The average molecular weight is 281 g/mol. The van der Waals surface area contributed by atoms with Crippen LogP contribution in [0.5, 0.6) is 0 Å². The Hall–Kier alpha value is -0.550. The van der Waals surface area contributed by atoms with Gasteiger partial charge in [0.1, 0.15) is 0 Å². The van der Waals surface area contributed by atoms with Crippen molar-refractivity contribution in [2.24, 2.45) is 0 Å². The Morgan fingerprint density at radius 1 is 1.26 bits per heavy atom. The molecular formula is C15H23NO2S. The molecular weight excluding hydrogens is 258 g/mol. The van der Waals surface area contributed by atoms with E-state index in [2.05, 4.69) is 5.32 Å². The van der Waals surface area contributed by atoms with E-state index in [1.54, 1.807) is 0 Å². The minimum Gasteiger partial charge on any atom is -0.389 e. The van der Waals surface area contributed by atoms with Gasteiger partial charge in [-0.15, -0.1) is 0 Å².